The van der Waals surface area contributed by atoms with Gasteiger partial charge < -0.3 is 9.42 Å². The molecule has 1 aromatic carbocycles. The summed E-state index contributed by atoms with van der Waals surface area (Å²) in [5, 5.41) is 15.0. The minimum absolute atomic E-state index is 0.0393. The quantitative estimate of drug-likeness (QED) is 0.693. The van der Waals surface area contributed by atoms with Crippen molar-refractivity contribution in [3.05, 3.63) is 42.5 Å². The van der Waals surface area contributed by atoms with Crippen LogP contribution in [0, 0.1) is 0 Å². The average molecular weight is 339 g/mol. The maximum absolute atomic E-state index is 12.6. The maximum Gasteiger partial charge on any atom is 0.249 e. The van der Waals surface area contributed by atoms with Gasteiger partial charge in [0, 0.05) is 18.5 Å². The van der Waals surface area contributed by atoms with Gasteiger partial charge in [-0.2, -0.15) is 4.98 Å². The highest BCUT2D eigenvalue weighted by Crippen LogP contribution is 2.32. The molecule has 3 aromatic rings. The van der Waals surface area contributed by atoms with E-state index in [0.717, 1.165) is 18.4 Å². The summed E-state index contributed by atoms with van der Waals surface area (Å²) in [6.07, 6.45) is 3.58. The van der Waals surface area contributed by atoms with Crippen LogP contribution in [0.1, 0.15) is 31.2 Å². The fourth-order valence-electron chi connectivity index (χ4n) is 3.03. The van der Waals surface area contributed by atoms with Crippen molar-refractivity contribution in [1.29, 1.82) is 0 Å². The highest BCUT2D eigenvalue weighted by atomic mass is 16.5. The van der Waals surface area contributed by atoms with Gasteiger partial charge in [-0.3, -0.25) is 4.79 Å². The summed E-state index contributed by atoms with van der Waals surface area (Å²) in [6.45, 7) is 1.15. The highest BCUT2D eigenvalue weighted by Gasteiger charge is 2.33. The van der Waals surface area contributed by atoms with Gasteiger partial charge in [0.15, 0.2) is 0 Å². The molecule has 3 heterocycles. The van der Waals surface area contributed by atoms with Gasteiger partial charge in [-0.1, -0.05) is 35.5 Å². The average Bonchev–Trinajstić information content (AvgIpc) is 3.41. The molecule has 128 valence electrons. The minimum atomic E-state index is -0.161. The van der Waals surface area contributed by atoms with Crippen molar-refractivity contribution in [3.63, 3.8) is 0 Å². The van der Waals surface area contributed by atoms with Crippen molar-refractivity contribution < 1.29 is 9.32 Å². The van der Waals surface area contributed by atoms with Gasteiger partial charge in [-0.05, 0) is 23.3 Å². The third kappa shape index (κ3) is 3.25. The third-order valence-corrected chi connectivity index (χ3v) is 4.28. The summed E-state index contributed by atoms with van der Waals surface area (Å²) in [5.74, 6) is 1.08. The van der Waals surface area contributed by atoms with Crippen LogP contribution >= 0.6 is 0 Å². The smallest absolute Gasteiger partial charge is 0.249 e. The minimum Gasteiger partial charge on any atom is -0.337 e. The normalized spacial score (nSPS) is 17.1. The largest absolute Gasteiger partial charge is 0.337 e. The van der Waals surface area contributed by atoms with E-state index in [1.165, 1.54) is 6.33 Å². The van der Waals surface area contributed by atoms with Gasteiger partial charge in [-0.25, -0.2) is 4.68 Å². The third-order valence-electron chi connectivity index (χ3n) is 4.28. The molecule has 1 fully saturated rings. The van der Waals surface area contributed by atoms with Gasteiger partial charge in [-0.15, -0.1) is 5.10 Å². The second-order valence-corrected chi connectivity index (χ2v) is 5.89. The number of hydrogen-bond acceptors (Lipinski definition) is 7. The van der Waals surface area contributed by atoms with Crippen LogP contribution in [0.15, 0.2) is 41.2 Å². The molecule has 1 aliphatic heterocycles. The summed E-state index contributed by atoms with van der Waals surface area (Å²) in [5.41, 5.74) is 0.895. The van der Waals surface area contributed by atoms with Crippen molar-refractivity contribution in [2.24, 2.45) is 0 Å². The van der Waals surface area contributed by atoms with Crippen LogP contribution in [0.3, 0.4) is 0 Å². The summed E-state index contributed by atoms with van der Waals surface area (Å²) in [6, 6.07) is 9.49. The molecule has 1 unspecified atom stereocenters. The zero-order valence-corrected chi connectivity index (χ0v) is 13.5. The molecule has 9 heteroatoms. The molecule has 0 radical (unpaired) electrons. The van der Waals surface area contributed by atoms with Crippen LogP contribution in [0.5, 0.6) is 0 Å². The maximum atomic E-state index is 12.6. The molecule has 4 rings (SSSR count). The molecule has 0 bridgehead atoms. The fraction of sp³-hybridized carbons (Fsp3) is 0.375. The molecular weight excluding hydrogens is 322 g/mol. The Balaban J connectivity index is 1.46. The van der Waals surface area contributed by atoms with Crippen LogP contribution < -0.4 is 0 Å². The number of aromatic nitrogens is 6. The Morgan fingerprint density at radius 3 is 2.96 bits per heavy atom. The number of carbonyl (C=O) groups is 1. The first-order valence-electron chi connectivity index (χ1n) is 8.20. The first-order valence-corrected chi connectivity index (χ1v) is 8.20. The lowest BCUT2D eigenvalue weighted by molar-refractivity contribution is -0.132. The van der Waals surface area contributed by atoms with E-state index in [0.29, 0.717) is 31.2 Å². The van der Waals surface area contributed by atoms with Crippen molar-refractivity contribution in [1.82, 2.24) is 35.2 Å². The summed E-state index contributed by atoms with van der Waals surface area (Å²) in [4.78, 5) is 18.9. The number of tetrazole rings is 1. The van der Waals surface area contributed by atoms with Crippen molar-refractivity contribution in [2.45, 2.75) is 31.8 Å². The Bertz CT molecular complexity index is 831. The van der Waals surface area contributed by atoms with E-state index >= 15 is 0 Å². The Morgan fingerprint density at radius 2 is 2.16 bits per heavy atom. The standard InChI is InChI=1S/C16H17N7O2/c24-14(8-10-22-11-17-20-21-22)23-9-4-7-13(23)16-18-15(19-25-16)12-5-2-1-3-6-12/h1-3,5-6,11,13H,4,7-10H2. The van der Waals surface area contributed by atoms with Gasteiger partial charge >= 0.3 is 0 Å². The van der Waals surface area contributed by atoms with Crippen LogP contribution in [-0.2, 0) is 11.3 Å². The molecule has 0 aliphatic carbocycles. The first-order chi connectivity index (χ1) is 12.3. The van der Waals surface area contributed by atoms with E-state index in [1.54, 1.807) is 4.68 Å². The van der Waals surface area contributed by atoms with Gasteiger partial charge in [0.25, 0.3) is 0 Å². The zero-order chi connectivity index (χ0) is 17.1. The Hall–Kier alpha value is -3.10. The lowest BCUT2D eigenvalue weighted by Crippen LogP contribution is -2.31. The van der Waals surface area contributed by atoms with Gasteiger partial charge in [0.05, 0.1) is 6.54 Å². The van der Waals surface area contributed by atoms with Crippen LogP contribution in [0.25, 0.3) is 11.4 Å². The SMILES string of the molecule is O=C(CCn1cnnn1)N1CCCC1c1nc(-c2ccccc2)no1. The number of benzene rings is 1. The number of rotatable bonds is 5. The van der Waals surface area contributed by atoms with E-state index in [2.05, 4.69) is 25.7 Å². The molecule has 2 aromatic heterocycles. The molecule has 1 amide bonds. The molecule has 25 heavy (non-hydrogen) atoms. The van der Waals surface area contributed by atoms with E-state index in [9.17, 15) is 4.79 Å². The van der Waals surface area contributed by atoms with Crippen LogP contribution in [0.4, 0.5) is 0 Å². The number of likely N-dealkylation sites (tertiary alicyclic amines) is 1. The predicted octanol–water partition coefficient (Wildman–Crippen LogP) is 1.48. The van der Waals surface area contributed by atoms with Crippen molar-refractivity contribution in [2.75, 3.05) is 6.54 Å². The molecule has 0 spiro atoms. The topological polar surface area (TPSA) is 103 Å². The molecule has 1 atom stereocenters. The van der Waals surface area contributed by atoms with E-state index < -0.39 is 0 Å². The molecule has 1 saturated heterocycles. The zero-order valence-electron chi connectivity index (χ0n) is 13.5. The molecular formula is C16H17N7O2. The van der Waals surface area contributed by atoms with Crippen molar-refractivity contribution >= 4 is 5.91 Å². The lowest BCUT2D eigenvalue weighted by Gasteiger charge is -2.21. The second-order valence-electron chi connectivity index (χ2n) is 5.89. The van der Waals surface area contributed by atoms with Crippen molar-refractivity contribution in [3.8, 4) is 11.4 Å². The molecule has 0 saturated carbocycles. The lowest BCUT2D eigenvalue weighted by atomic mass is 10.2. The molecule has 1 aliphatic rings. The van der Waals surface area contributed by atoms with Gasteiger partial charge in [0.1, 0.15) is 12.4 Å². The first kappa shape index (κ1) is 15.4. The second kappa shape index (κ2) is 6.80. The number of amides is 1. The van der Waals surface area contributed by atoms with E-state index in [1.807, 2.05) is 35.2 Å². The Kier molecular flexibility index (Phi) is 4.19. The Labute approximate surface area is 143 Å². The monoisotopic (exact) mass is 339 g/mol. The van der Waals surface area contributed by atoms with Crippen LogP contribution in [-0.4, -0.2) is 47.7 Å². The number of aryl methyl sites for hydroxylation is 1. The van der Waals surface area contributed by atoms with Crippen LogP contribution in [0.2, 0.25) is 0 Å². The summed E-state index contributed by atoms with van der Waals surface area (Å²) >= 11 is 0. The Morgan fingerprint density at radius 1 is 1.28 bits per heavy atom. The summed E-state index contributed by atoms with van der Waals surface area (Å²) < 4.78 is 6.99. The number of carbonyl (C=O) groups excluding carboxylic acids is 1. The number of nitrogens with zero attached hydrogens (tertiary/aromatic N) is 7. The van der Waals surface area contributed by atoms with E-state index in [4.69, 9.17) is 4.52 Å². The summed E-state index contributed by atoms with van der Waals surface area (Å²) in [7, 11) is 0. The molecule has 0 N–H and O–H groups in total. The predicted molar refractivity (Wildman–Crippen MR) is 85.9 cm³/mol. The molecule has 9 nitrogen and oxygen atoms in total. The highest BCUT2D eigenvalue weighted by molar-refractivity contribution is 5.76. The van der Waals surface area contributed by atoms with Gasteiger partial charge in [0.2, 0.25) is 17.6 Å². The van der Waals surface area contributed by atoms with E-state index in [-0.39, 0.29) is 11.9 Å². The fourth-order valence-corrected chi connectivity index (χ4v) is 3.03. The number of hydrogen-bond donors (Lipinski definition) is 0.